The Morgan fingerprint density at radius 2 is 1.84 bits per heavy atom. The fourth-order valence-electron chi connectivity index (χ4n) is 2.63. The monoisotopic (exact) mass is 348 g/mol. The lowest BCUT2D eigenvalue weighted by Gasteiger charge is -2.18. The highest BCUT2D eigenvalue weighted by molar-refractivity contribution is 5.71. The van der Waals surface area contributed by atoms with Gasteiger partial charge in [0.15, 0.2) is 11.5 Å². The Morgan fingerprint density at radius 3 is 2.40 bits per heavy atom. The van der Waals surface area contributed by atoms with Gasteiger partial charge in [-0.2, -0.15) is 0 Å². The summed E-state index contributed by atoms with van der Waals surface area (Å²) in [5.74, 6) is -0.315. The number of carbonyl (C=O) groups is 1. The summed E-state index contributed by atoms with van der Waals surface area (Å²) in [5.41, 5.74) is -0.140. The average Bonchev–Trinajstić information content (AvgIpc) is 2.59. The third kappa shape index (κ3) is 3.93. The van der Waals surface area contributed by atoms with Crippen molar-refractivity contribution in [1.29, 1.82) is 0 Å². The van der Waals surface area contributed by atoms with Gasteiger partial charge in [-0.05, 0) is 24.6 Å². The first-order valence-corrected chi connectivity index (χ1v) is 7.53. The zero-order chi connectivity index (χ0) is 18.6. The zero-order valence-electron chi connectivity index (χ0n) is 14.5. The van der Waals surface area contributed by atoms with Gasteiger partial charge in [-0.15, -0.1) is 0 Å². The molecule has 0 radical (unpaired) electrons. The molecule has 1 aromatic carbocycles. The van der Waals surface area contributed by atoms with Crippen LogP contribution in [-0.4, -0.2) is 32.4 Å². The first-order chi connectivity index (χ1) is 11.9. The molecule has 2 aromatic rings. The van der Waals surface area contributed by atoms with Gasteiger partial charge >= 0.3 is 11.6 Å². The van der Waals surface area contributed by atoms with Crippen molar-refractivity contribution < 1.29 is 28.5 Å². The van der Waals surface area contributed by atoms with Crippen molar-refractivity contribution in [3.8, 4) is 17.2 Å². The molecule has 25 heavy (non-hydrogen) atoms. The molecule has 0 bridgehead atoms. The molecule has 0 saturated carbocycles. The molecule has 7 heteroatoms. The summed E-state index contributed by atoms with van der Waals surface area (Å²) < 4.78 is 20.3. The van der Waals surface area contributed by atoms with E-state index in [1.807, 2.05) is 0 Å². The summed E-state index contributed by atoms with van der Waals surface area (Å²) in [4.78, 5) is 24.1. The molecule has 0 amide bonds. The molecule has 1 N–H and O–H groups in total. The maximum Gasteiger partial charge on any atom is 0.343 e. The number of ether oxygens (including phenoxy) is 3. The first-order valence-electron chi connectivity index (χ1n) is 7.53. The van der Waals surface area contributed by atoms with Crippen molar-refractivity contribution in [2.24, 2.45) is 0 Å². The molecule has 0 aliphatic carbocycles. The van der Waals surface area contributed by atoms with Crippen LogP contribution in [0.1, 0.15) is 29.2 Å². The Balaban J connectivity index is 2.62. The van der Waals surface area contributed by atoms with E-state index in [4.69, 9.17) is 18.6 Å². The smallest absolute Gasteiger partial charge is 0.343 e. The Morgan fingerprint density at radius 1 is 1.16 bits per heavy atom. The third-order valence-corrected chi connectivity index (χ3v) is 3.85. The van der Waals surface area contributed by atoms with E-state index in [0.29, 0.717) is 17.1 Å². The number of methoxy groups -OCH3 is 3. The Bertz CT molecular complexity index is 823. The maximum atomic E-state index is 12.3. The van der Waals surface area contributed by atoms with Crippen LogP contribution in [0.15, 0.2) is 33.5 Å². The molecule has 0 aliphatic heterocycles. The topological polar surface area (TPSA) is 95.2 Å². The highest BCUT2D eigenvalue weighted by atomic mass is 16.5. The number of esters is 1. The number of carbonyl (C=O) groups excluding carboxylic acids is 1. The number of aryl methyl sites for hydroxylation is 1. The van der Waals surface area contributed by atoms with E-state index in [9.17, 15) is 14.7 Å². The van der Waals surface area contributed by atoms with Crippen molar-refractivity contribution in [2.45, 2.75) is 19.3 Å². The van der Waals surface area contributed by atoms with Crippen molar-refractivity contribution in [2.75, 3.05) is 21.3 Å². The van der Waals surface area contributed by atoms with Gasteiger partial charge < -0.3 is 23.7 Å². The predicted octanol–water partition coefficient (Wildman–Crippen LogP) is 2.37. The second-order valence-electron chi connectivity index (χ2n) is 5.39. The molecule has 1 atom stereocenters. The number of rotatable bonds is 6. The number of hydrogen-bond acceptors (Lipinski definition) is 7. The van der Waals surface area contributed by atoms with Crippen LogP contribution in [-0.2, 0) is 9.53 Å². The van der Waals surface area contributed by atoms with Gasteiger partial charge in [-0.25, -0.2) is 4.79 Å². The van der Waals surface area contributed by atoms with E-state index in [2.05, 4.69) is 0 Å². The van der Waals surface area contributed by atoms with E-state index in [1.54, 1.807) is 25.1 Å². The Kier molecular flexibility index (Phi) is 5.69. The van der Waals surface area contributed by atoms with Crippen LogP contribution in [0.5, 0.6) is 17.2 Å². The van der Waals surface area contributed by atoms with Gasteiger partial charge in [-0.3, -0.25) is 4.79 Å². The zero-order valence-corrected chi connectivity index (χ0v) is 14.5. The normalized spacial score (nSPS) is 11.7. The molecule has 0 aliphatic rings. The minimum atomic E-state index is -0.760. The summed E-state index contributed by atoms with van der Waals surface area (Å²) in [6, 6.07) is 6.33. The average molecular weight is 348 g/mol. The fourth-order valence-corrected chi connectivity index (χ4v) is 2.63. The lowest BCUT2D eigenvalue weighted by molar-refractivity contribution is -0.140. The van der Waals surface area contributed by atoms with Gasteiger partial charge in [0, 0.05) is 12.0 Å². The molecule has 0 unspecified atom stereocenters. The Labute approximate surface area is 144 Å². The summed E-state index contributed by atoms with van der Waals surface area (Å²) >= 11 is 0. The quantitative estimate of drug-likeness (QED) is 0.801. The molecular formula is C18H20O7. The van der Waals surface area contributed by atoms with E-state index in [-0.39, 0.29) is 23.5 Å². The Hall–Kier alpha value is -2.96. The number of benzene rings is 1. The summed E-state index contributed by atoms with van der Waals surface area (Å²) in [6.45, 7) is 1.55. The van der Waals surface area contributed by atoms with Gasteiger partial charge in [-0.1, -0.05) is 6.07 Å². The summed E-state index contributed by atoms with van der Waals surface area (Å²) in [6.07, 6.45) is -0.145. The van der Waals surface area contributed by atoms with Crippen LogP contribution < -0.4 is 15.1 Å². The molecule has 0 fully saturated rings. The van der Waals surface area contributed by atoms with Crippen LogP contribution in [0.25, 0.3) is 0 Å². The molecule has 7 nitrogen and oxygen atoms in total. The van der Waals surface area contributed by atoms with Gasteiger partial charge in [0.25, 0.3) is 0 Å². The van der Waals surface area contributed by atoms with Crippen LogP contribution in [0, 0.1) is 6.92 Å². The van der Waals surface area contributed by atoms with E-state index in [0.717, 1.165) is 0 Å². The maximum absolute atomic E-state index is 12.3. The van der Waals surface area contributed by atoms with Gasteiger partial charge in [0.2, 0.25) is 0 Å². The molecule has 1 heterocycles. The van der Waals surface area contributed by atoms with Crippen molar-refractivity contribution in [1.82, 2.24) is 0 Å². The highest BCUT2D eigenvalue weighted by Crippen LogP contribution is 2.37. The molecule has 2 rings (SSSR count). The van der Waals surface area contributed by atoms with Crippen LogP contribution in [0.4, 0.5) is 0 Å². The lowest BCUT2D eigenvalue weighted by Crippen LogP contribution is -2.18. The molecule has 1 aromatic heterocycles. The second-order valence-corrected chi connectivity index (χ2v) is 5.39. The predicted molar refractivity (Wildman–Crippen MR) is 89.4 cm³/mol. The van der Waals surface area contributed by atoms with Crippen molar-refractivity contribution in [3.63, 3.8) is 0 Å². The minimum absolute atomic E-state index is 0.0109. The largest absolute Gasteiger partial charge is 0.507 e. The molecule has 0 spiro atoms. The first kappa shape index (κ1) is 18.4. The fraction of sp³-hybridized carbons (Fsp3) is 0.333. The second kappa shape index (κ2) is 7.74. The van der Waals surface area contributed by atoms with E-state index >= 15 is 0 Å². The highest BCUT2D eigenvalue weighted by Gasteiger charge is 2.27. The van der Waals surface area contributed by atoms with Crippen molar-refractivity contribution in [3.05, 3.63) is 51.6 Å². The standard InChI is InChI=1S/C18H20O7/c1-10-7-13(19)17(18(21)25-10)12(9-16(20)24-4)11-5-6-14(22-2)15(8-11)23-3/h5-8,12,19H,9H2,1-4H3/t12-/m1/s1. The van der Waals surface area contributed by atoms with Gasteiger partial charge in [0.1, 0.15) is 11.5 Å². The van der Waals surface area contributed by atoms with E-state index in [1.165, 1.54) is 27.4 Å². The SMILES string of the molecule is COC(=O)C[C@H](c1ccc(OC)c(OC)c1)c1c(O)cc(C)oc1=O. The van der Waals surface area contributed by atoms with Crippen LogP contribution in [0.3, 0.4) is 0 Å². The molecule has 0 saturated heterocycles. The number of aromatic hydroxyl groups is 1. The van der Waals surface area contributed by atoms with Crippen LogP contribution in [0.2, 0.25) is 0 Å². The molecule has 134 valence electrons. The van der Waals surface area contributed by atoms with Crippen LogP contribution >= 0.6 is 0 Å². The third-order valence-electron chi connectivity index (χ3n) is 3.85. The lowest BCUT2D eigenvalue weighted by atomic mass is 9.88. The summed E-state index contributed by atoms with van der Waals surface area (Å²) in [7, 11) is 4.24. The minimum Gasteiger partial charge on any atom is -0.507 e. The van der Waals surface area contributed by atoms with Gasteiger partial charge in [0.05, 0.1) is 33.3 Å². The van der Waals surface area contributed by atoms with E-state index < -0.39 is 17.5 Å². The summed E-state index contributed by atoms with van der Waals surface area (Å²) in [5, 5.41) is 10.2. The van der Waals surface area contributed by atoms with Crippen molar-refractivity contribution >= 4 is 5.97 Å². The number of hydrogen-bond donors (Lipinski definition) is 1. The molecular weight excluding hydrogens is 328 g/mol.